The lowest BCUT2D eigenvalue weighted by molar-refractivity contribution is 0.350. The maximum absolute atomic E-state index is 6.54. The monoisotopic (exact) mass is 358 g/mol. The summed E-state index contributed by atoms with van der Waals surface area (Å²) in [5, 5.41) is 7.76. The van der Waals surface area contributed by atoms with Gasteiger partial charge in [-0.3, -0.25) is 0 Å². The van der Waals surface area contributed by atoms with Crippen molar-refractivity contribution in [2.45, 2.75) is 19.8 Å². The number of hydrogen-bond acceptors (Lipinski definition) is 1. The van der Waals surface area contributed by atoms with E-state index in [9.17, 15) is 0 Å². The molecule has 0 atom stereocenters. The van der Waals surface area contributed by atoms with Crippen LogP contribution in [0, 0.1) is 0 Å². The molecular formula is C24H23OP. The van der Waals surface area contributed by atoms with Gasteiger partial charge in [-0.05, 0) is 28.0 Å². The first-order valence-electron chi connectivity index (χ1n) is 9.27. The van der Waals surface area contributed by atoms with Crippen LogP contribution in [-0.2, 0) is 4.52 Å². The summed E-state index contributed by atoms with van der Waals surface area (Å²) in [5.74, 6) is 0. The van der Waals surface area contributed by atoms with Crippen molar-refractivity contribution in [1.29, 1.82) is 0 Å². The highest BCUT2D eigenvalue weighted by atomic mass is 31.1. The van der Waals surface area contributed by atoms with E-state index < -0.39 is 8.15 Å². The highest BCUT2D eigenvalue weighted by molar-refractivity contribution is 7.69. The fraction of sp³-hybridized carbons (Fsp3) is 0.167. The minimum Gasteiger partial charge on any atom is -0.350 e. The van der Waals surface area contributed by atoms with E-state index in [-0.39, 0.29) is 0 Å². The average molecular weight is 358 g/mol. The van der Waals surface area contributed by atoms with Crippen LogP contribution in [0.5, 0.6) is 0 Å². The van der Waals surface area contributed by atoms with Gasteiger partial charge in [-0.25, -0.2) is 0 Å². The van der Waals surface area contributed by atoms with Gasteiger partial charge in [-0.15, -0.1) is 0 Å². The molecule has 0 radical (unpaired) electrons. The fourth-order valence-electron chi connectivity index (χ4n) is 3.34. The molecule has 0 aromatic heterocycles. The molecule has 0 aliphatic rings. The maximum Gasteiger partial charge on any atom is 0.0930 e. The van der Waals surface area contributed by atoms with Crippen molar-refractivity contribution in [2.24, 2.45) is 0 Å². The van der Waals surface area contributed by atoms with E-state index in [1.165, 1.54) is 32.2 Å². The Morgan fingerprint density at radius 1 is 0.654 bits per heavy atom. The van der Waals surface area contributed by atoms with Crippen molar-refractivity contribution >= 4 is 40.3 Å². The molecule has 0 bridgehead atoms. The first kappa shape index (κ1) is 17.2. The normalized spacial score (nSPS) is 11.5. The first-order chi connectivity index (χ1) is 12.9. The smallest absolute Gasteiger partial charge is 0.0930 e. The van der Waals surface area contributed by atoms with Crippen molar-refractivity contribution < 1.29 is 4.52 Å². The zero-order chi connectivity index (χ0) is 17.8. The summed E-state index contributed by atoms with van der Waals surface area (Å²) in [5.41, 5.74) is 0. The van der Waals surface area contributed by atoms with Crippen molar-refractivity contribution in [3.63, 3.8) is 0 Å². The summed E-state index contributed by atoms with van der Waals surface area (Å²) in [4.78, 5) is 0. The summed E-state index contributed by atoms with van der Waals surface area (Å²) in [6, 6.07) is 30.4. The molecule has 0 N–H and O–H groups in total. The highest BCUT2D eigenvalue weighted by Gasteiger charge is 2.19. The van der Waals surface area contributed by atoms with Crippen LogP contribution in [0.3, 0.4) is 0 Å². The zero-order valence-corrected chi connectivity index (χ0v) is 16.0. The van der Waals surface area contributed by atoms with Crippen molar-refractivity contribution in [3.05, 3.63) is 84.9 Å². The van der Waals surface area contributed by atoms with Crippen LogP contribution in [-0.4, -0.2) is 6.61 Å². The van der Waals surface area contributed by atoms with E-state index in [1.807, 2.05) is 0 Å². The lowest BCUT2D eigenvalue weighted by atomic mass is 10.1. The Labute approximate surface area is 156 Å². The predicted octanol–water partition coefficient (Wildman–Crippen LogP) is 6.16. The lowest BCUT2D eigenvalue weighted by Crippen LogP contribution is -2.16. The Hall–Kier alpha value is -2.21. The summed E-state index contributed by atoms with van der Waals surface area (Å²) in [6.45, 7) is 3.01. The molecule has 0 saturated carbocycles. The SMILES string of the molecule is CCCCOP(c1cccc2ccccc12)c1cccc2ccccc12. The molecule has 26 heavy (non-hydrogen) atoms. The quantitative estimate of drug-likeness (QED) is 0.296. The molecule has 0 aliphatic carbocycles. The lowest BCUT2D eigenvalue weighted by Gasteiger charge is -2.22. The van der Waals surface area contributed by atoms with E-state index in [0.717, 1.165) is 19.4 Å². The molecule has 0 aliphatic heterocycles. The molecule has 0 spiro atoms. The van der Waals surface area contributed by atoms with E-state index in [2.05, 4.69) is 91.9 Å². The summed E-state index contributed by atoms with van der Waals surface area (Å²) in [6.07, 6.45) is 2.24. The molecule has 0 unspecified atom stereocenters. The first-order valence-corrected chi connectivity index (χ1v) is 10.5. The minimum atomic E-state index is -0.862. The Kier molecular flexibility index (Phi) is 5.29. The van der Waals surface area contributed by atoms with Gasteiger partial charge in [0.2, 0.25) is 0 Å². The van der Waals surface area contributed by atoms with Crippen molar-refractivity contribution in [1.82, 2.24) is 0 Å². The van der Waals surface area contributed by atoms with Crippen LogP contribution < -0.4 is 10.6 Å². The van der Waals surface area contributed by atoms with Crippen LogP contribution >= 0.6 is 8.15 Å². The molecule has 130 valence electrons. The van der Waals surface area contributed by atoms with Crippen LogP contribution in [0.15, 0.2) is 84.9 Å². The minimum absolute atomic E-state index is 0.800. The van der Waals surface area contributed by atoms with E-state index in [0.29, 0.717) is 0 Å². The Morgan fingerprint density at radius 2 is 1.15 bits per heavy atom. The average Bonchev–Trinajstić information content (AvgIpc) is 2.71. The number of fused-ring (bicyclic) bond motifs is 2. The van der Waals surface area contributed by atoms with Crippen LogP contribution in [0.4, 0.5) is 0 Å². The third-order valence-electron chi connectivity index (χ3n) is 4.69. The summed E-state index contributed by atoms with van der Waals surface area (Å²) in [7, 11) is -0.862. The second-order valence-electron chi connectivity index (χ2n) is 6.48. The zero-order valence-electron chi connectivity index (χ0n) is 15.1. The predicted molar refractivity (Wildman–Crippen MR) is 115 cm³/mol. The summed E-state index contributed by atoms with van der Waals surface area (Å²) >= 11 is 0. The van der Waals surface area contributed by atoms with E-state index >= 15 is 0 Å². The van der Waals surface area contributed by atoms with Gasteiger partial charge in [-0.1, -0.05) is 98.3 Å². The Balaban J connectivity index is 1.89. The van der Waals surface area contributed by atoms with Crippen LogP contribution in [0.2, 0.25) is 0 Å². The number of unbranched alkanes of at least 4 members (excludes halogenated alkanes) is 1. The van der Waals surface area contributed by atoms with Gasteiger partial charge in [0.05, 0.1) is 14.8 Å². The van der Waals surface area contributed by atoms with Gasteiger partial charge in [0.1, 0.15) is 0 Å². The van der Waals surface area contributed by atoms with Crippen LogP contribution in [0.25, 0.3) is 21.5 Å². The number of hydrogen-bond donors (Lipinski definition) is 0. The molecular weight excluding hydrogens is 335 g/mol. The molecule has 1 nitrogen and oxygen atoms in total. The maximum atomic E-state index is 6.54. The van der Waals surface area contributed by atoms with Crippen LogP contribution in [0.1, 0.15) is 19.8 Å². The van der Waals surface area contributed by atoms with Gasteiger partial charge in [0.15, 0.2) is 0 Å². The topological polar surface area (TPSA) is 9.23 Å². The number of benzene rings is 4. The molecule has 2 heteroatoms. The summed E-state index contributed by atoms with van der Waals surface area (Å²) < 4.78 is 6.54. The largest absolute Gasteiger partial charge is 0.350 e. The van der Waals surface area contributed by atoms with Gasteiger partial charge in [-0.2, -0.15) is 0 Å². The third-order valence-corrected chi connectivity index (χ3v) is 6.79. The third kappa shape index (κ3) is 3.38. The molecule has 0 fully saturated rings. The standard InChI is InChI=1S/C24H23OP/c1-2-3-18-25-26(23-16-8-12-19-10-4-6-14-21(19)23)24-17-9-13-20-11-5-7-15-22(20)24/h4-17H,2-3,18H2,1H3. The Morgan fingerprint density at radius 3 is 1.69 bits per heavy atom. The van der Waals surface area contributed by atoms with Crippen molar-refractivity contribution in [2.75, 3.05) is 6.61 Å². The van der Waals surface area contributed by atoms with Crippen molar-refractivity contribution in [3.8, 4) is 0 Å². The number of rotatable bonds is 6. The highest BCUT2D eigenvalue weighted by Crippen LogP contribution is 2.40. The molecule has 4 aromatic carbocycles. The molecule has 0 amide bonds. The van der Waals surface area contributed by atoms with E-state index in [4.69, 9.17) is 4.52 Å². The molecule has 4 aromatic rings. The second-order valence-corrected chi connectivity index (χ2v) is 8.29. The van der Waals surface area contributed by atoms with E-state index in [1.54, 1.807) is 0 Å². The Bertz CT molecular complexity index is 935. The van der Waals surface area contributed by atoms with Gasteiger partial charge in [0.25, 0.3) is 0 Å². The molecule has 4 rings (SSSR count). The van der Waals surface area contributed by atoms with Gasteiger partial charge < -0.3 is 4.52 Å². The molecule has 0 heterocycles. The van der Waals surface area contributed by atoms with Gasteiger partial charge >= 0.3 is 0 Å². The fourth-order valence-corrected chi connectivity index (χ4v) is 5.48. The second kappa shape index (κ2) is 7.99. The van der Waals surface area contributed by atoms with Gasteiger partial charge in [0, 0.05) is 10.6 Å². The molecule has 0 saturated heterocycles.